The monoisotopic (exact) mass is 383 g/mol. The van der Waals surface area contributed by atoms with Crippen LogP contribution in [0.25, 0.3) is 5.82 Å². The van der Waals surface area contributed by atoms with E-state index >= 15 is 0 Å². The lowest BCUT2D eigenvalue weighted by Crippen LogP contribution is -2.16. The average Bonchev–Trinajstić information content (AvgIpc) is 3.22. The summed E-state index contributed by atoms with van der Waals surface area (Å²) in [6.45, 7) is 7.24. The SMILES string of the molecule is CCOc1ncccc1C(=O)OCC(=O)c1cc(C)n(-c2cc(C)on2)c1C. The number of ketones is 1. The van der Waals surface area contributed by atoms with Gasteiger partial charge >= 0.3 is 5.97 Å². The molecule has 0 aliphatic heterocycles. The molecular weight excluding hydrogens is 362 g/mol. The molecule has 0 aromatic carbocycles. The van der Waals surface area contributed by atoms with Gasteiger partial charge in [0, 0.05) is 29.2 Å². The summed E-state index contributed by atoms with van der Waals surface area (Å²) >= 11 is 0. The fourth-order valence-electron chi connectivity index (χ4n) is 2.94. The van der Waals surface area contributed by atoms with Crippen LogP contribution in [0.4, 0.5) is 0 Å². The summed E-state index contributed by atoms with van der Waals surface area (Å²) < 4.78 is 17.5. The molecule has 0 aliphatic carbocycles. The molecule has 3 heterocycles. The highest BCUT2D eigenvalue weighted by molar-refractivity contribution is 6.01. The second-order valence-electron chi connectivity index (χ2n) is 6.20. The van der Waals surface area contributed by atoms with Crippen molar-refractivity contribution in [2.24, 2.45) is 0 Å². The molecule has 0 unspecified atom stereocenters. The Labute approximate surface area is 162 Å². The van der Waals surface area contributed by atoms with Crippen LogP contribution in [0.15, 0.2) is 35.0 Å². The molecule has 146 valence electrons. The quantitative estimate of drug-likeness (QED) is 0.456. The van der Waals surface area contributed by atoms with E-state index in [0.29, 0.717) is 29.4 Å². The van der Waals surface area contributed by atoms with E-state index in [0.717, 1.165) is 5.69 Å². The first-order valence-corrected chi connectivity index (χ1v) is 8.83. The zero-order chi connectivity index (χ0) is 20.3. The Balaban J connectivity index is 1.75. The summed E-state index contributed by atoms with van der Waals surface area (Å²) in [5.41, 5.74) is 2.16. The van der Waals surface area contributed by atoms with Crippen LogP contribution in [0.5, 0.6) is 5.88 Å². The maximum Gasteiger partial charge on any atom is 0.344 e. The van der Waals surface area contributed by atoms with E-state index in [4.69, 9.17) is 14.0 Å². The van der Waals surface area contributed by atoms with E-state index in [1.807, 2.05) is 11.5 Å². The summed E-state index contributed by atoms with van der Waals surface area (Å²) in [4.78, 5) is 29.0. The zero-order valence-electron chi connectivity index (χ0n) is 16.2. The van der Waals surface area contributed by atoms with E-state index in [-0.39, 0.29) is 23.8 Å². The Morgan fingerprint density at radius 3 is 2.64 bits per heavy atom. The highest BCUT2D eigenvalue weighted by Gasteiger charge is 2.21. The van der Waals surface area contributed by atoms with Crippen molar-refractivity contribution in [3.63, 3.8) is 0 Å². The number of hydrogen-bond acceptors (Lipinski definition) is 7. The van der Waals surface area contributed by atoms with Gasteiger partial charge in [0.05, 0.1) is 6.61 Å². The Morgan fingerprint density at radius 2 is 1.96 bits per heavy atom. The second kappa shape index (κ2) is 8.08. The molecule has 0 saturated heterocycles. The third-order valence-electron chi connectivity index (χ3n) is 4.18. The van der Waals surface area contributed by atoms with Crippen molar-refractivity contribution in [1.82, 2.24) is 14.7 Å². The number of rotatable bonds is 7. The smallest absolute Gasteiger partial charge is 0.344 e. The molecule has 0 amide bonds. The number of aromatic nitrogens is 3. The number of aryl methyl sites for hydroxylation is 2. The van der Waals surface area contributed by atoms with E-state index in [2.05, 4.69) is 10.1 Å². The van der Waals surface area contributed by atoms with Crippen LogP contribution in [0.2, 0.25) is 0 Å². The summed E-state index contributed by atoms with van der Waals surface area (Å²) in [6, 6.07) is 6.68. The minimum atomic E-state index is -0.661. The Hall–Kier alpha value is -3.42. The van der Waals surface area contributed by atoms with E-state index in [1.54, 1.807) is 45.0 Å². The van der Waals surface area contributed by atoms with Crippen molar-refractivity contribution >= 4 is 11.8 Å². The highest BCUT2D eigenvalue weighted by Crippen LogP contribution is 2.22. The maximum absolute atomic E-state index is 12.6. The molecule has 3 aromatic heterocycles. The van der Waals surface area contributed by atoms with Gasteiger partial charge in [0.15, 0.2) is 12.4 Å². The van der Waals surface area contributed by atoms with Crippen LogP contribution in [-0.4, -0.2) is 39.7 Å². The van der Waals surface area contributed by atoms with Gasteiger partial charge in [-0.05, 0) is 45.9 Å². The molecule has 28 heavy (non-hydrogen) atoms. The standard InChI is InChI=1S/C20H21N3O5/c1-5-26-19-15(7-6-8-21-19)20(25)27-11-17(24)16-9-12(2)23(14(16)4)18-10-13(3)28-22-18/h6-10H,5,11H2,1-4H3. The topological polar surface area (TPSA) is 96.5 Å². The van der Waals surface area contributed by atoms with Crippen molar-refractivity contribution in [2.45, 2.75) is 27.7 Å². The molecule has 0 spiro atoms. The van der Waals surface area contributed by atoms with Gasteiger partial charge in [-0.2, -0.15) is 0 Å². The Bertz CT molecular complexity index is 1020. The number of Topliss-reactive ketones (excluding diaryl/α,β-unsaturated/α-hetero) is 1. The summed E-state index contributed by atoms with van der Waals surface area (Å²) in [7, 11) is 0. The normalized spacial score (nSPS) is 10.7. The van der Waals surface area contributed by atoms with Gasteiger partial charge in [-0.3, -0.25) is 9.36 Å². The number of carbonyl (C=O) groups excluding carboxylic acids is 2. The van der Waals surface area contributed by atoms with Crippen LogP contribution in [-0.2, 0) is 4.74 Å². The number of hydrogen-bond donors (Lipinski definition) is 0. The molecule has 0 saturated carbocycles. The number of nitrogens with zero attached hydrogens (tertiary/aromatic N) is 3. The molecular formula is C20H21N3O5. The lowest BCUT2D eigenvalue weighted by molar-refractivity contribution is 0.0470. The van der Waals surface area contributed by atoms with Gasteiger partial charge in [0.2, 0.25) is 11.7 Å². The average molecular weight is 383 g/mol. The summed E-state index contributed by atoms with van der Waals surface area (Å²) in [5.74, 6) is 0.480. The molecule has 8 nitrogen and oxygen atoms in total. The van der Waals surface area contributed by atoms with Crippen molar-refractivity contribution in [3.8, 4) is 11.7 Å². The van der Waals surface area contributed by atoms with Gasteiger partial charge in [-0.1, -0.05) is 5.16 Å². The Morgan fingerprint density at radius 1 is 1.18 bits per heavy atom. The lowest BCUT2D eigenvalue weighted by atomic mass is 10.1. The number of pyridine rings is 1. The zero-order valence-corrected chi connectivity index (χ0v) is 16.2. The van der Waals surface area contributed by atoms with E-state index in [1.165, 1.54) is 6.20 Å². The first-order valence-electron chi connectivity index (χ1n) is 8.83. The number of ether oxygens (including phenoxy) is 2. The fraction of sp³-hybridized carbons (Fsp3) is 0.300. The van der Waals surface area contributed by atoms with Gasteiger partial charge < -0.3 is 14.0 Å². The third-order valence-corrected chi connectivity index (χ3v) is 4.18. The predicted octanol–water partition coefficient (Wildman–Crippen LogP) is 3.22. The van der Waals surface area contributed by atoms with Crippen molar-refractivity contribution < 1.29 is 23.6 Å². The van der Waals surface area contributed by atoms with Crippen molar-refractivity contribution in [2.75, 3.05) is 13.2 Å². The van der Waals surface area contributed by atoms with Crippen LogP contribution in [0.1, 0.15) is 44.8 Å². The highest BCUT2D eigenvalue weighted by atomic mass is 16.5. The summed E-state index contributed by atoms with van der Waals surface area (Å²) in [5, 5.41) is 3.99. The van der Waals surface area contributed by atoms with Crippen molar-refractivity contribution in [3.05, 3.63) is 58.7 Å². The molecule has 0 atom stereocenters. The van der Waals surface area contributed by atoms with Crippen LogP contribution in [0.3, 0.4) is 0 Å². The number of carbonyl (C=O) groups is 2. The minimum absolute atomic E-state index is 0.181. The van der Waals surface area contributed by atoms with Gasteiger partial charge in [0.1, 0.15) is 11.3 Å². The summed E-state index contributed by atoms with van der Waals surface area (Å²) in [6.07, 6.45) is 1.52. The second-order valence-corrected chi connectivity index (χ2v) is 6.20. The molecule has 0 N–H and O–H groups in total. The van der Waals surface area contributed by atoms with Gasteiger partial charge in [0.25, 0.3) is 0 Å². The third kappa shape index (κ3) is 3.80. The lowest BCUT2D eigenvalue weighted by Gasteiger charge is -2.09. The van der Waals surface area contributed by atoms with Gasteiger partial charge in [-0.25, -0.2) is 9.78 Å². The first kappa shape index (κ1) is 19.3. The number of esters is 1. The molecule has 0 bridgehead atoms. The minimum Gasteiger partial charge on any atom is -0.477 e. The maximum atomic E-state index is 12.6. The van der Waals surface area contributed by atoms with Crippen LogP contribution in [0, 0.1) is 20.8 Å². The van der Waals surface area contributed by atoms with Crippen LogP contribution < -0.4 is 4.74 Å². The van der Waals surface area contributed by atoms with Crippen LogP contribution >= 0.6 is 0 Å². The van der Waals surface area contributed by atoms with E-state index in [9.17, 15) is 9.59 Å². The van der Waals surface area contributed by atoms with Gasteiger partial charge in [-0.15, -0.1) is 0 Å². The predicted molar refractivity (Wildman–Crippen MR) is 100 cm³/mol. The molecule has 0 aliphatic rings. The first-order chi connectivity index (χ1) is 13.4. The molecule has 8 heteroatoms. The fourth-order valence-corrected chi connectivity index (χ4v) is 2.94. The molecule has 3 aromatic rings. The Kier molecular flexibility index (Phi) is 5.58. The largest absolute Gasteiger partial charge is 0.477 e. The van der Waals surface area contributed by atoms with Crippen molar-refractivity contribution in [1.29, 1.82) is 0 Å². The molecule has 0 radical (unpaired) electrons. The molecule has 3 rings (SSSR count). The van der Waals surface area contributed by atoms with E-state index < -0.39 is 5.97 Å². The molecule has 0 fully saturated rings.